The number of aromatic nitrogens is 2. The van der Waals surface area contributed by atoms with E-state index in [2.05, 4.69) is 15.5 Å². The molecule has 6 nitrogen and oxygen atoms in total. The number of rotatable bonds is 5. The van der Waals surface area contributed by atoms with Crippen molar-refractivity contribution in [2.24, 2.45) is 0 Å². The van der Waals surface area contributed by atoms with Crippen LogP contribution < -0.4 is 10.2 Å². The molecule has 0 saturated carbocycles. The standard InChI is InChI=1S/C27H29F3N4O2/c1-14(17-6-5-7-18(23(17)28)24(29)30)31-25-20-13-22-21(12-19(20)15(2)32-33-25)27(3,4)26(35)34(22)16-8-10-36-11-9-16/h5-7,12-14,16,24H,8-11H2,1-4H3,(H,31,33). The van der Waals surface area contributed by atoms with Crippen LogP contribution in [0.1, 0.15) is 68.5 Å². The number of ether oxygens (including phenoxy) is 1. The lowest BCUT2D eigenvalue weighted by atomic mass is 9.85. The first kappa shape index (κ1) is 24.5. The minimum absolute atomic E-state index is 0.0432. The van der Waals surface area contributed by atoms with Crippen LogP contribution in [0.3, 0.4) is 0 Å². The van der Waals surface area contributed by atoms with Crippen LogP contribution in [0.25, 0.3) is 10.8 Å². The average molecular weight is 499 g/mol. The number of hydrogen-bond donors (Lipinski definition) is 1. The molecule has 1 saturated heterocycles. The van der Waals surface area contributed by atoms with Crippen molar-refractivity contribution in [1.29, 1.82) is 0 Å². The van der Waals surface area contributed by atoms with Crippen LogP contribution in [0, 0.1) is 12.7 Å². The molecule has 0 spiro atoms. The van der Waals surface area contributed by atoms with Gasteiger partial charge in [-0.1, -0.05) is 18.2 Å². The molecule has 0 radical (unpaired) electrons. The molecule has 1 atom stereocenters. The summed E-state index contributed by atoms with van der Waals surface area (Å²) in [6, 6.07) is 7.33. The predicted octanol–water partition coefficient (Wildman–Crippen LogP) is 5.99. The number of amides is 1. The normalized spacial score (nSPS) is 18.7. The summed E-state index contributed by atoms with van der Waals surface area (Å²) >= 11 is 0. The lowest BCUT2D eigenvalue weighted by molar-refractivity contribution is -0.122. The lowest BCUT2D eigenvalue weighted by Gasteiger charge is -2.32. The number of benzene rings is 2. The molecule has 1 fully saturated rings. The third kappa shape index (κ3) is 3.89. The molecule has 190 valence electrons. The van der Waals surface area contributed by atoms with E-state index in [9.17, 15) is 18.0 Å². The zero-order chi connectivity index (χ0) is 25.8. The molecule has 9 heteroatoms. The van der Waals surface area contributed by atoms with Crippen LogP contribution in [-0.2, 0) is 14.9 Å². The highest BCUT2D eigenvalue weighted by Gasteiger charge is 2.47. The number of carbonyl (C=O) groups is 1. The number of aryl methyl sites for hydroxylation is 1. The summed E-state index contributed by atoms with van der Waals surface area (Å²) in [7, 11) is 0. The number of fused-ring (bicyclic) bond motifs is 2. The van der Waals surface area contributed by atoms with E-state index in [0.717, 1.165) is 40.9 Å². The fourth-order valence-electron chi connectivity index (χ4n) is 5.31. The van der Waals surface area contributed by atoms with Gasteiger partial charge in [-0.25, -0.2) is 13.2 Å². The molecular formula is C27H29F3N4O2. The largest absolute Gasteiger partial charge is 0.381 e. The van der Waals surface area contributed by atoms with Gasteiger partial charge in [-0.05, 0) is 58.2 Å². The van der Waals surface area contributed by atoms with Crippen molar-refractivity contribution in [2.75, 3.05) is 23.4 Å². The Morgan fingerprint density at radius 1 is 1.11 bits per heavy atom. The fraction of sp³-hybridized carbons (Fsp3) is 0.444. The molecule has 0 aliphatic carbocycles. The summed E-state index contributed by atoms with van der Waals surface area (Å²) < 4.78 is 46.8. The molecule has 2 aromatic carbocycles. The molecular weight excluding hydrogens is 469 g/mol. The Bertz CT molecular complexity index is 1340. The van der Waals surface area contributed by atoms with Crippen molar-refractivity contribution in [3.8, 4) is 0 Å². The molecule has 1 aromatic heterocycles. The first-order chi connectivity index (χ1) is 17.1. The minimum atomic E-state index is -2.91. The van der Waals surface area contributed by atoms with E-state index in [1.165, 1.54) is 12.1 Å². The van der Waals surface area contributed by atoms with Crippen molar-refractivity contribution in [3.05, 3.63) is 58.5 Å². The zero-order valence-corrected chi connectivity index (χ0v) is 20.7. The summed E-state index contributed by atoms with van der Waals surface area (Å²) in [4.78, 5) is 15.4. The van der Waals surface area contributed by atoms with E-state index < -0.39 is 29.3 Å². The maximum atomic E-state index is 14.8. The van der Waals surface area contributed by atoms with Gasteiger partial charge < -0.3 is 15.0 Å². The summed E-state index contributed by atoms with van der Waals surface area (Å²) in [5, 5.41) is 13.3. The van der Waals surface area contributed by atoms with Crippen molar-refractivity contribution in [3.63, 3.8) is 0 Å². The smallest absolute Gasteiger partial charge is 0.266 e. The third-order valence-electron chi connectivity index (χ3n) is 7.44. The summed E-state index contributed by atoms with van der Waals surface area (Å²) in [6.45, 7) is 8.62. The van der Waals surface area contributed by atoms with Crippen molar-refractivity contribution >= 4 is 28.2 Å². The van der Waals surface area contributed by atoms with Gasteiger partial charge >= 0.3 is 0 Å². The van der Waals surface area contributed by atoms with Crippen LogP contribution in [-0.4, -0.2) is 35.4 Å². The van der Waals surface area contributed by atoms with E-state index >= 15 is 0 Å². The van der Waals surface area contributed by atoms with Crippen molar-refractivity contribution < 1.29 is 22.7 Å². The lowest BCUT2D eigenvalue weighted by Crippen LogP contribution is -2.45. The monoisotopic (exact) mass is 498 g/mol. The van der Waals surface area contributed by atoms with Gasteiger partial charge in [-0.2, -0.15) is 5.10 Å². The van der Waals surface area contributed by atoms with Crippen LogP contribution in [0.4, 0.5) is 24.7 Å². The Labute approximate surface area is 207 Å². The number of nitrogens with one attached hydrogen (secondary N) is 1. The van der Waals surface area contributed by atoms with Crippen molar-refractivity contribution in [2.45, 2.75) is 64.5 Å². The van der Waals surface area contributed by atoms with Crippen molar-refractivity contribution in [1.82, 2.24) is 10.2 Å². The van der Waals surface area contributed by atoms with Crippen LogP contribution >= 0.6 is 0 Å². The number of alkyl halides is 2. The van der Waals surface area contributed by atoms with Gasteiger partial charge in [0.2, 0.25) is 5.91 Å². The van der Waals surface area contributed by atoms with E-state index in [1.54, 1.807) is 6.92 Å². The quantitative estimate of drug-likeness (QED) is 0.468. The Morgan fingerprint density at radius 2 is 1.81 bits per heavy atom. The maximum Gasteiger partial charge on any atom is 0.266 e. The molecule has 3 heterocycles. The number of anilines is 2. The average Bonchev–Trinajstić information content (AvgIpc) is 3.05. The van der Waals surface area contributed by atoms with Gasteiger partial charge in [0.1, 0.15) is 5.82 Å². The summed E-state index contributed by atoms with van der Waals surface area (Å²) in [6.07, 6.45) is -1.39. The molecule has 2 aliphatic heterocycles. The van der Waals surface area contributed by atoms with Gasteiger partial charge in [0.25, 0.3) is 6.43 Å². The highest BCUT2D eigenvalue weighted by atomic mass is 19.3. The second-order valence-corrected chi connectivity index (χ2v) is 10.1. The molecule has 36 heavy (non-hydrogen) atoms. The molecule has 2 aliphatic rings. The van der Waals surface area contributed by atoms with Gasteiger partial charge in [-0.15, -0.1) is 5.10 Å². The Kier molecular flexibility index (Phi) is 6.14. The molecule has 0 bridgehead atoms. The second kappa shape index (κ2) is 9.03. The minimum Gasteiger partial charge on any atom is -0.381 e. The fourth-order valence-corrected chi connectivity index (χ4v) is 5.31. The Morgan fingerprint density at radius 3 is 2.50 bits per heavy atom. The second-order valence-electron chi connectivity index (χ2n) is 10.1. The highest BCUT2D eigenvalue weighted by Crippen LogP contribution is 2.46. The first-order valence-electron chi connectivity index (χ1n) is 12.2. The Balaban J connectivity index is 1.60. The maximum absolute atomic E-state index is 14.8. The van der Waals surface area contributed by atoms with Gasteiger partial charge in [0.05, 0.1) is 22.7 Å². The number of carbonyl (C=O) groups excluding carboxylic acids is 1. The predicted molar refractivity (Wildman–Crippen MR) is 132 cm³/mol. The van der Waals surface area contributed by atoms with Crippen LogP contribution in [0.2, 0.25) is 0 Å². The number of nitrogens with zero attached hydrogens (tertiary/aromatic N) is 3. The zero-order valence-electron chi connectivity index (χ0n) is 20.7. The van der Waals surface area contributed by atoms with Gasteiger partial charge in [0, 0.05) is 41.3 Å². The molecule has 1 amide bonds. The van der Waals surface area contributed by atoms with Gasteiger partial charge in [0.15, 0.2) is 5.82 Å². The SMILES string of the molecule is Cc1nnc(NC(C)c2cccc(C(F)F)c2F)c2cc3c(cc12)C(C)(C)C(=O)N3C1CCOCC1. The van der Waals surface area contributed by atoms with E-state index in [-0.39, 0.29) is 17.5 Å². The highest BCUT2D eigenvalue weighted by molar-refractivity contribution is 6.11. The van der Waals surface area contributed by atoms with E-state index in [1.807, 2.05) is 37.8 Å². The molecule has 5 rings (SSSR count). The van der Waals surface area contributed by atoms with E-state index in [0.29, 0.717) is 24.7 Å². The summed E-state index contributed by atoms with van der Waals surface area (Å²) in [5.41, 5.74) is 1.24. The molecule has 1 unspecified atom stereocenters. The molecule has 3 aromatic rings. The Hall–Kier alpha value is -3.20. The number of halogens is 3. The van der Waals surface area contributed by atoms with Gasteiger partial charge in [-0.3, -0.25) is 4.79 Å². The first-order valence-corrected chi connectivity index (χ1v) is 12.2. The van der Waals surface area contributed by atoms with Crippen LogP contribution in [0.5, 0.6) is 0 Å². The topological polar surface area (TPSA) is 67.4 Å². The van der Waals surface area contributed by atoms with E-state index in [4.69, 9.17) is 4.74 Å². The third-order valence-corrected chi connectivity index (χ3v) is 7.44. The number of hydrogen-bond acceptors (Lipinski definition) is 5. The summed E-state index contributed by atoms with van der Waals surface area (Å²) in [5.74, 6) is -0.486. The van der Waals surface area contributed by atoms with Crippen LogP contribution in [0.15, 0.2) is 30.3 Å². The molecule has 1 N–H and O–H groups in total.